The van der Waals surface area contributed by atoms with Crippen LogP contribution in [0, 0.1) is 16.7 Å². The van der Waals surface area contributed by atoms with Gasteiger partial charge in [0.2, 0.25) is 0 Å². The van der Waals surface area contributed by atoms with Gasteiger partial charge in [-0.2, -0.15) is 0 Å². The molecule has 116 valence electrons. The van der Waals surface area contributed by atoms with Gasteiger partial charge in [-0.05, 0) is 49.0 Å². The first-order chi connectivity index (χ1) is 9.38. The molecule has 1 N–H and O–H groups in total. The van der Waals surface area contributed by atoms with E-state index in [4.69, 9.17) is 0 Å². The van der Waals surface area contributed by atoms with Gasteiger partial charge in [-0.25, -0.2) is 0 Å². The van der Waals surface area contributed by atoms with Crippen LogP contribution in [0.15, 0.2) is 0 Å². The van der Waals surface area contributed by atoms with Crippen molar-refractivity contribution in [2.75, 3.05) is 13.1 Å². The Kier molecular flexibility index (Phi) is 3.70. The van der Waals surface area contributed by atoms with Gasteiger partial charge in [0.25, 0.3) is 0 Å². The Balaban J connectivity index is 1.66. The Labute approximate surface area is 125 Å². The third kappa shape index (κ3) is 2.23. The summed E-state index contributed by atoms with van der Waals surface area (Å²) in [5.41, 5.74) is 1.08. The molecule has 1 aliphatic carbocycles. The quantitative estimate of drug-likeness (QED) is 0.844. The molecule has 0 amide bonds. The monoisotopic (exact) mass is 278 g/mol. The first kappa shape index (κ1) is 14.8. The van der Waals surface area contributed by atoms with Crippen molar-refractivity contribution >= 4 is 0 Å². The first-order valence-corrected chi connectivity index (χ1v) is 8.87. The Morgan fingerprint density at radius 2 is 1.55 bits per heavy atom. The predicted molar refractivity (Wildman–Crippen MR) is 85.9 cm³/mol. The summed E-state index contributed by atoms with van der Waals surface area (Å²) in [6, 6.07) is 2.50. The van der Waals surface area contributed by atoms with Gasteiger partial charge in [0, 0.05) is 24.7 Å². The van der Waals surface area contributed by atoms with E-state index in [1.165, 1.54) is 38.6 Å². The minimum atomic E-state index is 0.541. The van der Waals surface area contributed by atoms with Crippen molar-refractivity contribution in [2.24, 2.45) is 16.7 Å². The summed E-state index contributed by atoms with van der Waals surface area (Å²) in [6.07, 6.45) is 7.11. The van der Waals surface area contributed by atoms with Gasteiger partial charge in [0.1, 0.15) is 0 Å². The normalized spacial score (nSPS) is 39.8. The highest BCUT2D eigenvalue weighted by Crippen LogP contribution is 2.68. The zero-order valence-corrected chi connectivity index (χ0v) is 14.2. The lowest BCUT2D eigenvalue weighted by molar-refractivity contribution is 0.0171. The van der Waals surface area contributed by atoms with E-state index in [-0.39, 0.29) is 0 Å². The molecule has 2 heteroatoms. The highest BCUT2D eigenvalue weighted by atomic mass is 15.2. The highest BCUT2D eigenvalue weighted by Gasteiger charge is 2.65. The van der Waals surface area contributed by atoms with Crippen molar-refractivity contribution in [1.82, 2.24) is 10.2 Å². The summed E-state index contributed by atoms with van der Waals surface area (Å²) < 4.78 is 0. The van der Waals surface area contributed by atoms with Crippen LogP contribution < -0.4 is 5.32 Å². The average molecular weight is 278 g/mol. The first-order valence-electron chi connectivity index (χ1n) is 8.87. The molecule has 2 aliphatic heterocycles. The lowest BCUT2D eigenvalue weighted by Crippen LogP contribution is -2.56. The maximum absolute atomic E-state index is 3.71. The van der Waals surface area contributed by atoms with Crippen LogP contribution in [0.2, 0.25) is 0 Å². The predicted octanol–water partition coefficient (Wildman–Crippen LogP) is 3.66. The molecule has 2 nitrogen and oxygen atoms in total. The van der Waals surface area contributed by atoms with E-state index in [9.17, 15) is 0 Å². The lowest BCUT2D eigenvalue weighted by Gasteiger charge is -2.49. The van der Waals surface area contributed by atoms with Crippen LogP contribution in [-0.2, 0) is 0 Å². The highest BCUT2D eigenvalue weighted by molar-refractivity contribution is 5.14. The molecule has 0 aromatic rings. The molecular weight excluding hydrogens is 244 g/mol. The summed E-state index contributed by atoms with van der Waals surface area (Å²) in [7, 11) is 0. The molecule has 2 bridgehead atoms. The van der Waals surface area contributed by atoms with Gasteiger partial charge >= 0.3 is 0 Å². The molecule has 3 fully saturated rings. The van der Waals surface area contributed by atoms with E-state index in [1.807, 2.05) is 0 Å². The van der Waals surface area contributed by atoms with Crippen molar-refractivity contribution in [3.05, 3.63) is 0 Å². The molecule has 2 heterocycles. The average Bonchev–Trinajstić information content (AvgIpc) is 2.72. The van der Waals surface area contributed by atoms with Gasteiger partial charge in [-0.3, -0.25) is 4.90 Å². The number of nitrogens with zero attached hydrogens (tertiary/aromatic N) is 1. The number of hydrogen-bond donors (Lipinski definition) is 1. The van der Waals surface area contributed by atoms with E-state index < -0.39 is 0 Å². The van der Waals surface area contributed by atoms with Gasteiger partial charge in [0.05, 0.1) is 0 Å². The molecule has 1 saturated carbocycles. The Morgan fingerprint density at radius 1 is 1.00 bits per heavy atom. The minimum absolute atomic E-state index is 0.541. The molecule has 0 radical (unpaired) electrons. The van der Waals surface area contributed by atoms with Crippen molar-refractivity contribution in [2.45, 2.75) is 84.8 Å². The van der Waals surface area contributed by atoms with Crippen molar-refractivity contribution < 1.29 is 0 Å². The van der Waals surface area contributed by atoms with Crippen LogP contribution in [0.25, 0.3) is 0 Å². The topological polar surface area (TPSA) is 15.3 Å². The van der Waals surface area contributed by atoms with Gasteiger partial charge in [-0.1, -0.05) is 41.0 Å². The number of fused-ring (bicyclic) bond motifs is 2. The smallest absolute Gasteiger partial charge is 0.0113 e. The van der Waals surface area contributed by atoms with Crippen LogP contribution in [0.4, 0.5) is 0 Å². The van der Waals surface area contributed by atoms with E-state index in [1.54, 1.807) is 0 Å². The third-order valence-electron chi connectivity index (χ3n) is 7.33. The second kappa shape index (κ2) is 4.98. The maximum atomic E-state index is 3.71. The summed E-state index contributed by atoms with van der Waals surface area (Å²) in [4.78, 5) is 2.92. The third-order valence-corrected chi connectivity index (χ3v) is 7.33. The summed E-state index contributed by atoms with van der Waals surface area (Å²) in [5, 5.41) is 3.71. The zero-order valence-electron chi connectivity index (χ0n) is 14.2. The summed E-state index contributed by atoms with van der Waals surface area (Å²) >= 11 is 0. The number of hydrogen-bond acceptors (Lipinski definition) is 2. The van der Waals surface area contributed by atoms with Gasteiger partial charge in [-0.15, -0.1) is 0 Å². The van der Waals surface area contributed by atoms with Crippen LogP contribution in [0.1, 0.15) is 66.7 Å². The molecule has 0 spiro atoms. The molecule has 3 aliphatic rings. The fraction of sp³-hybridized carbons (Fsp3) is 1.00. The molecule has 20 heavy (non-hydrogen) atoms. The van der Waals surface area contributed by atoms with Crippen molar-refractivity contribution in [1.29, 1.82) is 0 Å². The van der Waals surface area contributed by atoms with Gasteiger partial charge in [0.15, 0.2) is 0 Å². The zero-order chi connectivity index (χ0) is 14.5. The van der Waals surface area contributed by atoms with Crippen LogP contribution in [0.5, 0.6) is 0 Å². The lowest BCUT2D eigenvalue weighted by atomic mass is 9.81. The molecule has 0 aromatic carbocycles. The standard InChI is InChI=1S/C18H34N2/c1-6-19-13-10-14-8-7-9-15(11-13)20(14)12-16-17(2,3)18(16,4)5/h13-16,19H,6-12H2,1-5H3. The second-order valence-electron chi connectivity index (χ2n) is 8.66. The van der Waals surface area contributed by atoms with E-state index in [0.29, 0.717) is 10.8 Å². The van der Waals surface area contributed by atoms with E-state index in [2.05, 4.69) is 44.8 Å². The Hall–Kier alpha value is -0.0800. The molecule has 2 saturated heterocycles. The molecule has 2 atom stereocenters. The Morgan fingerprint density at radius 3 is 2.00 bits per heavy atom. The maximum Gasteiger partial charge on any atom is 0.0113 e. The molecule has 0 aromatic heterocycles. The molecule has 3 rings (SSSR count). The van der Waals surface area contributed by atoms with Crippen molar-refractivity contribution in [3.8, 4) is 0 Å². The summed E-state index contributed by atoms with van der Waals surface area (Å²) in [5.74, 6) is 0.897. The van der Waals surface area contributed by atoms with Crippen LogP contribution in [0.3, 0.4) is 0 Å². The SMILES string of the molecule is CCNC1CC2CCCC(C1)N2CC1C(C)(C)C1(C)C. The molecular formula is C18H34N2. The molecule has 2 unspecified atom stereocenters. The van der Waals surface area contributed by atoms with E-state index in [0.717, 1.165) is 30.6 Å². The number of piperidine rings is 2. The fourth-order valence-corrected chi connectivity index (χ4v) is 5.23. The largest absolute Gasteiger partial charge is 0.314 e. The second-order valence-corrected chi connectivity index (χ2v) is 8.66. The Bertz CT molecular complexity index is 332. The van der Waals surface area contributed by atoms with Crippen molar-refractivity contribution in [3.63, 3.8) is 0 Å². The minimum Gasteiger partial charge on any atom is -0.314 e. The fourth-order valence-electron chi connectivity index (χ4n) is 5.23. The van der Waals surface area contributed by atoms with Gasteiger partial charge < -0.3 is 5.32 Å². The van der Waals surface area contributed by atoms with Crippen LogP contribution >= 0.6 is 0 Å². The van der Waals surface area contributed by atoms with Crippen LogP contribution in [-0.4, -0.2) is 36.1 Å². The summed E-state index contributed by atoms with van der Waals surface area (Å²) in [6.45, 7) is 14.6. The number of nitrogens with one attached hydrogen (secondary N) is 1. The number of rotatable bonds is 4. The van der Waals surface area contributed by atoms with E-state index >= 15 is 0 Å².